The Bertz CT molecular complexity index is 539. The van der Waals surface area contributed by atoms with Crippen LogP contribution >= 0.6 is 0 Å². The van der Waals surface area contributed by atoms with Crippen LogP contribution in [0, 0.1) is 0 Å². The normalized spacial score (nSPS) is 21.2. The average molecular weight is 623 g/mol. The summed E-state index contributed by atoms with van der Waals surface area (Å²) in [7, 11) is -4.42. The maximum Gasteiger partial charge on any atom is 1.00 e. The van der Waals surface area contributed by atoms with Gasteiger partial charge >= 0.3 is 59.1 Å². The predicted octanol–water partition coefficient (Wildman–Crippen LogP) is 4.78. The van der Waals surface area contributed by atoms with Crippen molar-refractivity contribution in [2.24, 2.45) is 0 Å². The number of rotatable bonds is 4. The van der Waals surface area contributed by atoms with Gasteiger partial charge in [-0.15, -0.1) is 0 Å². The molecule has 0 aliphatic carbocycles. The molecule has 2 rings (SSSR count). The van der Waals surface area contributed by atoms with Gasteiger partial charge < -0.3 is 18.8 Å². The van der Waals surface area contributed by atoms with E-state index in [-0.39, 0.29) is 81.5 Å². The smallest absolute Gasteiger partial charge is 0.668 e. The van der Waals surface area contributed by atoms with Crippen molar-refractivity contribution >= 4 is 32.9 Å². The van der Waals surface area contributed by atoms with Gasteiger partial charge in [0, 0.05) is 0 Å². The van der Waals surface area contributed by atoms with Gasteiger partial charge in [-0.25, -0.2) is 0 Å². The second-order valence-corrected chi connectivity index (χ2v) is 36.3. The average Bonchev–Trinajstić information content (AvgIpc) is 2.85. The van der Waals surface area contributed by atoms with Crippen LogP contribution in [0.3, 0.4) is 0 Å². The molecule has 0 saturated carbocycles. The molecule has 2 aliphatic heterocycles. The minimum absolute atomic E-state index is 0. The molecule has 2 fully saturated rings. The van der Waals surface area contributed by atoms with Gasteiger partial charge in [0.15, 0.2) is 0 Å². The maximum absolute atomic E-state index is 5.74. The van der Waals surface area contributed by atoms with Gasteiger partial charge in [-0.1, -0.05) is 112 Å². The first-order valence-corrected chi connectivity index (χ1v) is 27.9. The third kappa shape index (κ3) is 33.2. The van der Waals surface area contributed by atoms with Crippen LogP contribution in [0.1, 0.15) is 81.1 Å². The van der Waals surface area contributed by atoms with Crippen molar-refractivity contribution in [3.05, 3.63) is 9.30 Å². The summed E-state index contributed by atoms with van der Waals surface area (Å²) in [6.07, 6.45) is 4.78. The van der Waals surface area contributed by atoms with Crippen LogP contribution in [0.5, 0.6) is 0 Å². The van der Waals surface area contributed by atoms with E-state index in [9.17, 15) is 0 Å². The minimum Gasteiger partial charge on any atom is -0.668 e. The fraction of sp³-hybridized carbons (Fsp3) is 1.00. The van der Waals surface area contributed by atoms with Crippen molar-refractivity contribution in [2.45, 2.75) is 182 Å². The second kappa shape index (κ2) is 17.3. The van der Waals surface area contributed by atoms with Gasteiger partial charge in [-0.3, -0.25) is 0 Å². The van der Waals surface area contributed by atoms with Gasteiger partial charge in [0.05, 0.1) is 22.4 Å². The Hall–Kier alpha value is 2.71. The third-order valence-corrected chi connectivity index (χ3v) is 15.8. The summed E-state index contributed by atoms with van der Waals surface area (Å²) in [5.74, 6) is 0. The number of hydrogen-bond donors (Lipinski definition) is 0. The molecule has 0 aromatic rings. The summed E-state index contributed by atoms with van der Waals surface area (Å²) in [6, 6.07) is 0. The largest absolute Gasteiger partial charge is 1.00 e. The Morgan fingerprint density at radius 3 is 0.526 bits per heavy atom. The second-order valence-electron chi connectivity index (χ2n) is 17.1. The van der Waals surface area contributed by atoms with Crippen LogP contribution in [0.25, 0.3) is 9.30 Å². The van der Waals surface area contributed by atoms with E-state index in [1.807, 2.05) is 0 Å². The Balaban J connectivity index is -0.000000199. The molecule has 0 aromatic heterocycles. The molecular formula is C28H68N2Na2O2Si4. The fourth-order valence-corrected chi connectivity index (χ4v) is 21.0. The van der Waals surface area contributed by atoms with Crippen LogP contribution < -0.4 is 59.1 Å². The van der Waals surface area contributed by atoms with Crippen molar-refractivity contribution < 1.29 is 68.6 Å². The van der Waals surface area contributed by atoms with Crippen LogP contribution in [0.2, 0.25) is 78.6 Å². The molecule has 0 unspecified atom stereocenters. The molecule has 2 saturated heterocycles. The van der Waals surface area contributed by atoms with Crippen molar-refractivity contribution in [1.82, 2.24) is 0 Å². The molecule has 0 radical (unpaired) electrons. The topological polar surface area (TPSA) is 46.7 Å². The Morgan fingerprint density at radius 1 is 0.368 bits per heavy atom. The van der Waals surface area contributed by atoms with E-state index in [2.05, 4.69) is 134 Å². The summed E-state index contributed by atoms with van der Waals surface area (Å²) in [5, 5.41) is 0. The molecule has 2 heterocycles. The molecule has 0 aromatic carbocycles. The van der Waals surface area contributed by atoms with Crippen LogP contribution in [0.15, 0.2) is 0 Å². The van der Waals surface area contributed by atoms with E-state index < -0.39 is 32.9 Å². The van der Waals surface area contributed by atoms with Gasteiger partial charge in [0.25, 0.3) is 0 Å². The number of ether oxygens (including phenoxy) is 2. The molecule has 220 valence electrons. The van der Waals surface area contributed by atoms with Gasteiger partial charge in [-0.05, 0) is 81.1 Å². The van der Waals surface area contributed by atoms with Crippen molar-refractivity contribution in [3.63, 3.8) is 0 Å². The summed E-state index contributed by atoms with van der Waals surface area (Å²) in [5.41, 5.74) is 0.514. The third-order valence-electron chi connectivity index (χ3n) is 5.11. The van der Waals surface area contributed by atoms with Gasteiger partial charge in [-0.2, -0.15) is 0 Å². The molecule has 0 bridgehead atoms. The molecule has 0 spiro atoms. The van der Waals surface area contributed by atoms with Crippen molar-refractivity contribution in [1.29, 1.82) is 0 Å². The molecule has 2 aliphatic rings. The van der Waals surface area contributed by atoms with Crippen LogP contribution in [-0.2, 0) is 9.47 Å². The quantitative estimate of drug-likeness (QED) is 0.424. The predicted molar refractivity (Wildman–Crippen MR) is 177 cm³/mol. The molecule has 38 heavy (non-hydrogen) atoms. The molecule has 0 atom stereocenters. The first-order chi connectivity index (χ1) is 15.2. The van der Waals surface area contributed by atoms with E-state index >= 15 is 0 Å². The first kappa shape index (κ1) is 47.6. The molecule has 4 nitrogen and oxygen atoms in total. The number of nitrogens with zero attached hydrogens (tertiary/aromatic N) is 2. The SMILES string of the molecule is CC1(C)CCC(C)(C)O1.CC1(C)CCC(C)(C)O1.C[Si](C)(C)[N-][Si](C)(C)C.C[Si](C)(C)[N-][Si](C)(C)C.[Na+].[Na+]. The fourth-order valence-electron chi connectivity index (χ4n) is 4.92. The van der Waals surface area contributed by atoms with E-state index in [0.717, 1.165) is 0 Å². The maximum atomic E-state index is 5.74. The zero-order chi connectivity index (χ0) is 29.7. The van der Waals surface area contributed by atoms with Crippen molar-refractivity contribution in [2.75, 3.05) is 0 Å². The first-order valence-electron chi connectivity index (χ1n) is 14.1. The van der Waals surface area contributed by atoms with Crippen molar-refractivity contribution in [3.8, 4) is 0 Å². The van der Waals surface area contributed by atoms with Crippen LogP contribution in [0.4, 0.5) is 0 Å². The Morgan fingerprint density at radius 2 is 0.500 bits per heavy atom. The van der Waals surface area contributed by atoms with E-state index in [0.29, 0.717) is 0 Å². The summed E-state index contributed by atoms with van der Waals surface area (Å²) >= 11 is 0. The zero-order valence-electron chi connectivity index (χ0n) is 30.5. The summed E-state index contributed by atoms with van der Waals surface area (Å²) in [4.78, 5) is 0. The summed E-state index contributed by atoms with van der Waals surface area (Å²) in [6.45, 7) is 44.8. The Labute approximate surface area is 290 Å². The van der Waals surface area contributed by atoms with E-state index in [1.165, 1.54) is 25.7 Å². The number of hydrogen-bond acceptors (Lipinski definition) is 2. The zero-order valence-corrected chi connectivity index (χ0v) is 38.5. The van der Waals surface area contributed by atoms with Crippen LogP contribution in [-0.4, -0.2) is 55.3 Å². The molecular weight excluding hydrogens is 555 g/mol. The molecule has 0 N–H and O–H groups in total. The van der Waals surface area contributed by atoms with Gasteiger partial charge in [0.2, 0.25) is 0 Å². The minimum atomic E-state index is -1.11. The van der Waals surface area contributed by atoms with E-state index in [1.54, 1.807) is 0 Å². The monoisotopic (exact) mass is 622 g/mol. The van der Waals surface area contributed by atoms with Gasteiger partial charge in [0.1, 0.15) is 0 Å². The standard InChI is InChI=1S/2C8H16O.2C6H18NSi2.2Na/c2*1-7(2)5-6-8(3,4)9-7;2*1-8(2,3)7-9(4,5)6;;/h2*5-6H2,1-4H3;2*1-6H3;;/q;;2*-1;2*+1. The molecule has 10 heteroatoms. The van der Waals surface area contributed by atoms with E-state index in [4.69, 9.17) is 18.8 Å². The molecule has 0 amide bonds. The Kier molecular flexibility index (Phi) is 21.6. The summed E-state index contributed by atoms with van der Waals surface area (Å²) < 4.78 is 21.1.